The summed E-state index contributed by atoms with van der Waals surface area (Å²) in [6, 6.07) is 1.88. The van der Waals surface area contributed by atoms with E-state index in [4.69, 9.17) is 11.6 Å². The first-order chi connectivity index (χ1) is 6.24. The number of hydrogen-bond donors (Lipinski definition) is 0. The Morgan fingerprint density at radius 2 is 2.38 bits per heavy atom. The summed E-state index contributed by atoms with van der Waals surface area (Å²) in [5.74, 6) is 1.11. The zero-order valence-electron chi connectivity index (χ0n) is 7.39. The predicted octanol–water partition coefficient (Wildman–Crippen LogP) is 4.39. The van der Waals surface area contributed by atoms with E-state index >= 15 is 0 Å². The number of unbranched alkanes of at least 4 members (excludes halogenated alkanes) is 1. The molecule has 0 fully saturated rings. The molecule has 0 spiro atoms. The number of halogens is 2. The molecule has 0 aliphatic heterocycles. The van der Waals surface area contributed by atoms with E-state index < -0.39 is 0 Å². The van der Waals surface area contributed by atoms with Crippen molar-refractivity contribution in [3.05, 3.63) is 21.8 Å². The number of hydrogen-bond acceptors (Lipinski definition) is 2. The van der Waals surface area contributed by atoms with Gasteiger partial charge in [-0.15, -0.1) is 11.8 Å². The van der Waals surface area contributed by atoms with Crippen LogP contribution in [0.15, 0.2) is 21.8 Å². The predicted molar refractivity (Wildman–Crippen MR) is 62.6 cm³/mol. The smallest absolute Gasteiger partial charge is 0.110 e. The van der Waals surface area contributed by atoms with Crippen LogP contribution in [0.5, 0.6) is 0 Å². The minimum absolute atomic E-state index is 0.673. The lowest BCUT2D eigenvalue weighted by Gasteiger charge is -2.02. The van der Waals surface area contributed by atoms with E-state index in [1.807, 2.05) is 6.07 Å². The first-order valence-corrected chi connectivity index (χ1v) is 6.33. The molecule has 0 aromatic carbocycles. The topological polar surface area (TPSA) is 12.9 Å². The average Bonchev–Trinajstić information content (AvgIpc) is 2.09. The molecule has 0 saturated carbocycles. The summed E-state index contributed by atoms with van der Waals surface area (Å²) < 4.78 is 0.987. The van der Waals surface area contributed by atoms with Crippen molar-refractivity contribution in [3.63, 3.8) is 0 Å². The van der Waals surface area contributed by atoms with Gasteiger partial charge in [-0.2, -0.15) is 0 Å². The lowest BCUT2D eigenvalue weighted by Crippen LogP contribution is -1.84. The largest absolute Gasteiger partial charge is 0.247 e. The lowest BCUT2D eigenvalue weighted by atomic mass is 10.4. The van der Waals surface area contributed by atoms with Crippen molar-refractivity contribution in [2.45, 2.75) is 24.8 Å². The molecule has 1 aromatic rings. The second-order valence-electron chi connectivity index (χ2n) is 2.64. The molecule has 4 heteroatoms. The van der Waals surface area contributed by atoms with Gasteiger partial charge in [0.2, 0.25) is 0 Å². The molecule has 0 N–H and O–H groups in total. The van der Waals surface area contributed by atoms with Gasteiger partial charge in [0.1, 0.15) is 5.03 Å². The van der Waals surface area contributed by atoms with E-state index in [9.17, 15) is 0 Å². The maximum absolute atomic E-state index is 5.78. The summed E-state index contributed by atoms with van der Waals surface area (Å²) in [7, 11) is 0. The van der Waals surface area contributed by atoms with Gasteiger partial charge >= 0.3 is 0 Å². The standard InChI is InChI=1S/C9H11BrClNS/c1-2-3-4-13-9-8(10)5-7(11)6-12-9/h5-6H,2-4H2,1H3. The number of rotatable bonds is 4. The summed E-state index contributed by atoms with van der Waals surface area (Å²) in [4.78, 5) is 4.23. The van der Waals surface area contributed by atoms with Crippen LogP contribution in [0.4, 0.5) is 0 Å². The van der Waals surface area contributed by atoms with Crippen molar-refractivity contribution in [1.29, 1.82) is 0 Å². The van der Waals surface area contributed by atoms with Crippen LogP contribution in [-0.4, -0.2) is 10.7 Å². The highest BCUT2D eigenvalue weighted by Gasteiger charge is 2.02. The summed E-state index contributed by atoms with van der Waals surface area (Å²) in [5, 5.41) is 1.70. The number of aromatic nitrogens is 1. The fourth-order valence-electron chi connectivity index (χ4n) is 0.821. The monoisotopic (exact) mass is 279 g/mol. The Bertz CT molecular complexity index is 280. The number of thioether (sulfide) groups is 1. The Morgan fingerprint density at radius 3 is 3.00 bits per heavy atom. The molecule has 0 atom stereocenters. The van der Waals surface area contributed by atoms with Crippen molar-refractivity contribution in [2.24, 2.45) is 0 Å². The van der Waals surface area contributed by atoms with Crippen molar-refractivity contribution >= 4 is 39.3 Å². The molecule has 0 aliphatic rings. The summed E-state index contributed by atoms with van der Waals surface area (Å²) in [6.45, 7) is 2.19. The van der Waals surface area contributed by atoms with Gasteiger partial charge in [0.05, 0.1) is 9.50 Å². The summed E-state index contributed by atoms with van der Waals surface area (Å²) in [6.07, 6.45) is 4.13. The van der Waals surface area contributed by atoms with Crippen LogP contribution in [0.25, 0.3) is 0 Å². The molecule has 1 rings (SSSR count). The third-order valence-corrected chi connectivity index (χ3v) is 3.68. The Labute approximate surface area is 96.4 Å². The third-order valence-electron chi connectivity index (χ3n) is 1.51. The molecule has 72 valence electrons. The van der Waals surface area contributed by atoms with Crippen LogP contribution >= 0.6 is 39.3 Å². The first kappa shape index (κ1) is 11.3. The fourth-order valence-corrected chi connectivity index (χ4v) is 2.75. The highest BCUT2D eigenvalue weighted by atomic mass is 79.9. The Balaban J connectivity index is 2.56. The highest BCUT2D eigenvalue weighted by molar-refractivity contribution is 9.10. The van der Waals surface area contributed by atoms with Crippen molar-refractivity contribution < 1.29 is 0 Å². The van der Waals surface area contributed by atoms with Crippen molar-refractivity contribution in [2.75, 3.05) is 5.75 Å². The zero-order valence-corrected chi connectivity index (χ0v) is 10.5. The van der Waals surface area contributed by atoms with E-state index in [0.717, 1.165) is 15.3 Å². The van der Waals surface area contributed by atoms with Gasteiger partial charge in [-0.3, -0.25) is 0 Å². The highest BCUT2D eigenvalue weighted by Crippen LogP contribution is 2.27. The van der Waals surface area contributed by atoms with E-state index in [1.165, 1.54) is 12.8 Å². The summed E-state index contributed by atoms with van der Waals surface area (Å²) >= 11 is 11.0. The molecule has 13 heavy (non-hydrogen) atoms. The third kappa shape index (κ3) is 3.88. The molecule has 0 bridgehead atoms. The molecule has 1 nitrogen and oxygen atoms in total. The SMILES string of the molecule is CCCCSc1ncc(Cl)cc1Br. The molecular formula is C9H11BrClNS. The van der Waals surface area contributed by atoms with Gasteiger partial charge in [0.25, 0.3) is 0 Å². The normalized spacial score (nSPS) is 10.4. The minimum Gasteiger partial charge on any atom is -0.247 e. The van der Waals surface area contributed by atoms with Crippen LogP contribution in [0.1, 0.15) is 19.8 Å². The molecule has 0 unspecified atom stereocenters. The van der Waals surface area contributed by atoms with Crippen LogP contribution in [-0.2, 0) is 0 Å². The van der Waals surface area contributed by atoms with E-state index in [-0.39, 0.29) is 0 Å². The van der Waals surface area contributed by atoms with Crippen LogP contribution in [0, 0.1) is 0 Å². The maximum Gasteiger partial charge on any atom is 0.110 e. The Hall–Kier alpha value is 0.270. The molecule has 1 aromatic heterocycles. The number of nitrogens with zero attached hydrogens (tertiary/aromatic N) is 1. The van der Waals surface area contributed by atoms with Gasteiger partial charge < -0.3 is 0 Å². The number of pyridine rings is 1. The second-order valence-corrected chi connectivity index (χ2v) is 5.02. The van der Waals surface area contributed by atoms with E-state index in [1.54, 1.807) is 18.0 Å². The molecular weight excluding hydrogens is 270 g/mol. The van der Waals surface area contributed by atoms with E-state index in [2.05, 4.69) is 27.8 Å². The van der Waals surface area contributed by atoms with Crippen LogP contribution < -0.4 is 0 Å². The molecule has 1 heterocycles. The minimum atomic E-state index is 0.673. The first-order valence-electron chi connectivity index (χ1n) is 4.18. The molecule has 0 radical (unpaired) electrons. The molecule has 0 saturated heterocycles. The Kier molecular flexibility index (Phi) is 5.14. The van der Waals surface area contributed by atoms with Gasteiger partial charge in [-0.25, -0.2) is 4.98 Å². The maximum atomic E-state index is 5.78. The van der Waals surface area contributed by atoms with Gasteiger partial charge in [0, 0.05) is 6.20 Å². The molecule has 0 aliphatic carbocycles. The van der Waals surface area contributed by atoms with Gasteiger partial charge in [-0.05, 0) is 34.2 Å². The molecule has 0 amide bonds. The lowest BCUT2D eigenvalue weighted by molar-refractivity contribution is 0.894. The zero-order chi connectivity index (χ0) is 9.68. The summed E-state index contributed by atoms with van der Waals surface area (Å²) in [5.41, 5.74) is 0. The quantitative estimate of drug-likeness (QED) is 0.599. The average molecular weight is 281 g/mol. The van der Waals surface area contributed by atoms with Gasteiger partial charge in [-0.1, -0.05) is 24.9 Å². The van der Waals surface area contributed by atoms with Crippen molar-refractivity contribution in [3.8, 4) is 0 Å². The fraction of sp³-hybridized carbons (Fsp3) is 0.444. The Morgan fingerprint density at radius 1 is 1.62 bits per heavy atom. The second kappa shape index (κ2) is 5.89. The van der Waals surface area contributed by atoms with Crippen LogP contribution in [0.3, 0.4) is 0 Å². The van der Waals surface area contributed by atoms with E-state index in [0.29, 0.717) is 5.02 Å². The van der Waals surface area contributed by atoms with Crippen LogP contribution in [0.2, 0.25) is 5.02 Å². The van der Waals surface area contributed by atoms with Crippen molar-refractivity contribution in [1.82, 2.24) is 4.98 Å². The van der Waals surface area contributed by atoms with Gasteiger partial charge in [0.15, 0.2) is 0 Å².